The molecule has 4 rings (SSSR count). The van der Waals surface area contributed by atoms with Crippen molar-refractivity contribution >= 4 is 40.7 Å². The number of hydrogen-bond donors (Lipinski definition) is 3. The Morgan fingerprint density at radius 1 is 1.24 bits per heavy atom. The molecule has 0 radical (unpaired) electrons. The molecule has 1 unspecified atom stereocenters. The number of nitrogens with one attached hydrogen (secondary N) is 3. The van der Waals surface area contributed by atoms with Gasteiger partial charge in [-0.3, -0.25) is 14.9 Å². The smallest absolute Gasteiger partial charge is 0.245 e. The summed E-state index contributed by atoms with van der Waals surface area (Å²) in [7, 11) is 0. The first kappa shape index (κ1) is 20.1. The zero-order valence-corrected chi connectivity index (χ0v) is 17.1. The van der Waals surface area contributed by atoms with E-state index in [0.29, 0.717) is 23.7 Å². The topological polar surface area (TPSA) is 70.2 Å². The summed E-state index contributed by atoms with van der Waals surface area (Å²) < 4.78 is 15.0. The average Bonchev–Trinajstić information content (AvgIpc) is 2.99. The van der Waals surface area contributed by atoms with Crippen LogP contribution in [-0.4, -0.2) is 29.9 Å². The van der Waals surface area contributed by atoms with Crippen LogP contribution >= 0.6 is 23.2 Å². The van der Waals surface area contributed by atoms with E-state index < -0.39 is 23.2 Å². The molecule has 2 aliphatic rings. The van der Waals surface area contributed by atoms with Crippen molar-refractivity contribution < 1.29 is 14.0 Å². The van der Waals surface area contributed by atoms with Gasteiger partial charge in [0.25, 0.3) is 0 Å². The molecule has 152 valence electrons. The molecule has 0 aliphatic carbocycles. The van der Waals surface area contributed by atoms with Crippen molar-refractivity contribution in [1.82, 2.24) is 10.6 Å². The van der Waals surface area contributed by atoms with Crippen LogP contribution in [0.1, 0.15) is 24.8 Å². The quantitative estimate of drug-likeness (QED) is 0.687. The van der Waals surface area contributed by atoms with Crippen LogP contribution in [0.25, 0.3) is 0 Å². The van der Waals surface area contributed by atoms with Crippen molar-refractivity contribution in [3.8, 4) is 0 Å². The molecule has 2 saturated heterocycles. The number of piperidine rings is 1. The number of rotatable bonds is 3. The zero-order chi connectivity index (χ0) is 20.8. The van der Waals surface area contributed by atoms with E-state index in [2.05, 4.69) is 16.0 Å². The van der Waals surface area contributed by atoms with Gasteiger partial charge in [0, 0.05) is 29.2 Å². The average molecular weight is 436 g/mol. The lowest BCUT2D eigenvalue weighted by Gasteiger charge is -2.33. The van der Waals surface area contributed by atoms with Crippen LogP contribution in [0.5, 0.6) is 0 Å². The fourth-order valence-corrected chi connectivity index (χ4v) is 4.88. The Bertz CT molecular complexity index is 986. The summed E-state index contributed by atoms with van der Waals surface area (Å²) >= 11 is 12.0. The number of fused-ring (bicyclic) bond motifs is 1. The van der Waals surface area contributed by atoms with Crippen molar-refractivity contribution in [1.29, 1.82) is 0 Å². The molecule has 4 atom stereocenters. The molecule has 29 heavy (non-hydrogen) atoms. The van der Waals surface area contributed by atoms with E-state index in [4.69, 9.17) is 23.2 Å². The summed E-state index contributed by atoms with van der Waals surface area (Å²) in [5, 5.41) is 9.44. The van der Waals surface area contributed by atoms with E-state index >= 15 is 0 Å². The van der Waals surface area contributed by atoms with E-state index in [1.807, 2.05) is 0 Å². The molecule has 0 bridgehead atoms. The second kappa shape index (κ2) is 7.59. The van der Waals surface area contributed by atoms with Gasteiger partial charge in [-0.1, -0.05) is 41.4 Å². The molecule has 3 N–H and O–H groups in total. The van der Waals surface area contributed by atoms with Crippen LogP contribution in [0.2, 0.25) is 10.0 Å². The van der Waals surface area contributed by atoms with E-state index in [0.717, 1.165) is 0 Å². The minimum absolute atomic E-state index is 0.0419. The fourth-order valence-electron chi connectivity index (χ4n) is 4.51. The van der Waals surface area contributed by atoms with E-state index in [1.54, 1.807) is 43.3 Å². The van der Waals surface area contributed by atoms with Crippen molar-refractivity contribution in [2.45, 2.75) is 30.8 Å². The van der Waals surface area contributed by atoms with Crippen LogP contribution in [0.3, 0.4) is 0 Å². The standard InChI is InChI=1S/C21H20Cl2FN3O2/c1-21(20(29)26-12-5-2-4-11(22)10-12)17(13-6-3-7-14(23)18(13)24)16-15(27-21)8-9-25-19(16)28/h2-7,10,15-17,27H,8-9H2,1H3,(H,25,28)(H,26,29)/t15-,16+,17?,21+/m0/s1. The summed E-state index contributed by atoms with van der Waals surface area (Å²) in [6, 6.07) is 11.2. The molecule has 2 amide bonds. The van der Waals surface area contributed by atoms with Crippen molar-refractivity contribution in [2.24, 2.45) is 5.92 Å². The molecule has 0 spiro atoms. The van der Waals surface area contributed by atoms with Crippen LogP contribution in [-0.2, 0) is 9.59 Å². The van der Waals surface area contributed by atoms with Crippen LogP contribution in [0.15, 0.2) is 42.5 Å². The Kier molecular flexibility index (Phi) is 5.27. The Balaban J connectivity index is 1.77. The first-order valence-corrected chi connectivity index (χ1v) is 10.1. The molecule has 8 heteroatoms. The Morgan fingerprint density at radius 3 is 2.76 bits per heavy atom. The lowest BCUT2D eigenvalue weighted by Crippen LogP contribution is -2.53. The van der Waals surface area contributed by atoms with Crippen molar-refractivity contribution in [3.05, 3.63) is 63.9 Å². The fraction of sp³-hybridized carbons (Fsp3) is 0.333. The largest absolute Gasteiger partial charge is 0.356 e. The van der Waals surface area contributed by atoms with Gasteiger partial charge in [0.2, 0.25) is 11.8 Å². The van der Waals surface area contributed by atoms with Gasteiger partial charge in [0.1, 0.15) is 11.4 Å². The van der Waals surface area contributed by atoms with Gasteiger partial charge in [0.15, 0.2) is 0 Å². The summed E-state index contributed by atoms with van der Waals surface area (Å²) in [5.41, 5.74) is -0.460. The van der Waals surface area contributed by atoms with Gasteiger partial charge in [0.05, 0.1) is 10.9 Å². The van der Waals surface area contributed by atoms with Gasteiger partial charge >= 0.3 is 0 Å². The number of halogens is 3. The molecule has 5 nitrogen and oxygen atoms in total. The highest BCUT2D eigenvalue weighted by Crippen LogP contribution is 2.47. The summed E-state index contributed by atoms with van der Waals surface area (Å²) in [6.07, 6.45) is 0.648. The minimum atomic E-state index is -1.23. The molecule has 0 aromatic heterocycles. The Labute approximate surface area is 178 Å². The van der Waals surface area contributed by atoms with Crippen LogP contribution in [0, 0.1) is 11.7 Å². The number of anilines is 1. The highest BCUT2D eigenvalue weighted by molar-refractivity contribution is 6.31. The summed E-state index contributed by atoms with van der Waals surface area (Å²) in [5.74, 6) is -2.50. The van der Waals surface area contributed by atoms with Gasteiger partial charge in [-0.15, -0.1) is 0 Å². The molecule has 0 saturated carbocycles. The van der Waals surface area contributed by atoms with Crippen molar-refractivity contribution in [3.63, 3.8) is 0 Å². The number of carbonyl (C=O) groups is 2. The van der Waals surface area contributed by atoms with Crippen LogP contribution in [0.4, 0.5) is 10.1 Å². The monoisotopic (exact) mass is 435 g/mol. The van der Waals surface area contributed by atoms with E-state index in [9.17, 15) is 14.0 Å². The summed E-state index contributed by atoms with van der Waals surface area (Å²) in [4.78, 5) is 26.1. The molecule has 2 aromatic rings. The second-order valence-corrected chi connectivity index (χ2v) is 8.49. The number of hydrogen-bond acceptors (Lipinski definition) is 3. The Morgan fingerprint density at radius 2 is 2.00 bits per heavy atom. The third-order valence-corrected chi connectivity index (χ3v) is 6.35. The molecular weight excluding hydrogens is 416 g/mol. The second-order valence-electron chi connectivity index (χ2n) is 7.64. The van der Waals surface area contributed by atoms with Gasteiger partial charge in [-0.25, -0.2) is 4.39 Å². The maximum Gasteiger partial charge on any atom is 0.245 e. The van der Waals surface area contributed by atoms with Gasteiger partial charge < -0.3 is 10.6 Å². The normalized spacial score (nSPS) is 28.6. The molecule has 2 fully saturated rings. The predicted molar refractivity (Wildman–Crippen MR) is 111 cm³/mol. The van der Waals surface area contributed by atoms with Crippen LogP contribution < -0.4 is 16.0 Å². The third-order valence-electron chi connectivity index (χ3n) is 5.83. The highest BCUT2D eigenvalue weighted by atomic mass is 35.5. The number of carbonyl (C=O) groups excluding carboxylic acids is 2. The van der Waals surface area contributed by atoms with Gasteiger partial charge in [-0.2, -0.15) is 0 Å². The molecule has 2 heterocycles. The first-order chi connectivity index (χ1) is 13.8. The summed E-state index contributed by atoms with van der Waals surface area (Å²) in [6.45, 7) is 2.20. The zero-order valence-electron chi connectivity index (χ0n) is 15.6. The van der Waals surface area contributed by atoms with Gasteiger partial charge in [-0.05, 0) is 43.2 Å². The minimum Gasteiger partial charge on any atom is -0.356 e. The van der Waals surface area contributed by atoms with Crippen molar-refractivity contribution in [2.75, 3.05) is 11.9 Å². The van der Waals surface area contributed by atoms with E-state index in [-0.39, 0.29) is 28.4 Å². The third kappa shape index (κ3) is 3.50. The Hall–Kier alpha value is -2.15. The maximum absolute atomic E-state index is 15.0. The SMILES string of the molecule is C[C@@]1(C(=O)Nc2cccc(Cl)c2)N[C@H]2CCNC(=O)[C@H]2C1c1cccc(Cl)c1F. The lowest BCUT2D eigenvalue weighted by molar-refractivity contribution is -0.127. The predicted octanol–water partition coefficient (Wildman–Crippen LogP) is 3.72. The molecule has 2 aromatic carbocycles. The number of benzene rings is 2. The maximum atomic E-state index is 15.0. The molecule has 2 aliphatic heterocycles. The van der Waals surface area contributed by atoms with E-state index in [1.165, 1.54) is 6.07 Å². The first-order valence-electron chi connectivity index (χ1n) is 9.37. The number of amides is 2. The highest BCUT2D eigenvalue weighted by Gasteiger charge is 2.59. The molecular formula is C21H20Cl2FN3O2. The lowest BCUT2D eigenvalue weighted by atomic mass is 9.73.